The van der Waals surface area contributed by atoms with Gasteiger partial charge < -0.3 is 14.8 Å². The van der Waals surface area contributed by atoms with Gasteiger partial charge in [-0.15, -0.1) is 0 Å². The molecule has 1 heterocycles. The minimum atomic E-state index is 0.173. The lowest BCUT2D eigenvalue weighted by atomic mass is 9.96. The fourth-order valence-corrected chi connectivity index (χ4v) is 2.95. The first kappa shape index (κ1) is 16.9. The summed E-state index contributed by atoms with van der Waals surface area (Å²) in [5, 5.41) is 3.69. The Morgan fingerprint density at radius 2 is 2.05 bits per heavy atom. The van der Waals surface area contributed by atoms with Crippen LogP contribution in [0.2, 0.25) is 0 Å². The molecular formula is C15H32N2O2. The smallest absolute Gasteiger partial charge is 0.0931 e. The molecule has 1 fully saturated rings. The van der Waals surface area contributed by atoms with E-state index in [2.05, 4.69) is 31.0 Å². The fourth-order valence-electron chi connectivity index (χ4n) is 2.95. The van der Waals surface area contributed by atoms with Crippen molar-refractivity contribution in [2.45, 2.75) is 51.8 Å². The zero-order valence-corrected chi connectivity index (χ0v) is 13.3. The Kier molecular flexibility index (Phi) is 7.91. The number of hydrogen-bond donors (Lipinski definition) is 1. The Morgan fingerprint density at radius 3 is 2.58 bits per heavy atom. The van der Waals surface area contributed by atoms with Crippen LogP contribution in [0.3, 0.4) is 0 Å². The van der Waals surface area contributed by atoms with Crippen LogP contribution in [-0.4, -0.2) is 63.5 Å². The van der Waals surface area contributed by atoms with Crippen molar-refractivity contribution < 1.29 is 9.47 Å². The Labute approximate surface area is 118 Å². The maximum atomic E-state index is 5.53. The molecule has 3 atom stereocenters. The van der Waals surface area contributed by atoms with Crippen molar-refractivity contribution >= 4 is 0 Å². The molecule has 0 aliphatic carbocycles. The molecule has 19 heavy (non-hydrogen) atoms. The predicted octanol–water partition coefficient (Wildman–Crippen LogP) is 1.75. The Bertz CT molecular complexity index is 236. The molecule has 0 aromatic carbocycles. The summed E-state index contributed by atoms with van der Waals surface area (Å²) in [4.78, 5) is 2.59. The molecule has 0 aromatic heterocycles. The van der Waals surface area contributed by atoms with Crippen LogP contribution in [0.1, 0.15) is 33.6 Å². The monoisotopic (exact) mass is 272 g/mol. The van der Waals surface area contributed by atoms with Crippen molar-refractivity contribution in [2.75, 3.05) is 40.5 Å². The minimum absolute atomic E-state index is 0.173. The number of rotatable bonds is 8. The second-order valence-electron chi connectivity index (χ2n) is 5.97. The molecule has 0 saturated carbocycles. The lowest BCUT2D eigenvalue weighted by molar-refractivity contribution is -0.0174. The van der Waals surface area contributed by atoms with E-state index in [-0.39, 0.29) is 6.10 Å². The third-order valence-corrected chi connectivity index (χ3v) is 4.07. The average molecular weight is 272 g/mol. The standard InChI is InChI=1S/C15H32N2O2/c1-6-7-13-9-17(10-14(19-5)11-18-4)15(8-16-13)12(2)3/h12-16H,6-11H2,1-5H3. The number of hydrogen-bond acceptors (Lipinski definition) is 4. The van der Waals surface area contributed by atoms with Crippen molar-refractivity contribution in [1.29, 1.82) is 0 Å². The van der Waals surface area contributed by atoms with Crippen LogP contribution >= 0.6 is 0 Å². The summed E-state index contributed by atoms with van der Waals surface area (Å²) in [6, 6.07) is 1.22. The van der Waals surface area contributed by atoms with E-state index in [1.807, 2.05) is 0 Å². The Hall–Kier alpha value is -0.160. The first-order valence-electron chi connectivity index (χ1n) is 7.61. The van der Waals surface area contributed by atoms with Gasteiger partial charge >= 0.3 is 0 Å². The van der Waals surface area contributed by atoms with E-state index >= 15 is 0 Å². The van der Waals surface area contributed by atoms with E-state index in [1.54, 1.807) is 14.2 Å². The summed E-state index contributed by atoms with van der Waals surface area (Å²) >= 11 is 0. The molecular weight excluding hydrogens is 240 g/mol. The van der Waals surface area contributed by atoms with Gasteiger partial charge in [0.15, 0.2) is 0 Å². The van der Waals surface area contributed by atoms with Crippen molar-refractivity contribution in [2.24, 2.45) is 5.92 Å². The van der Waals surface area contributed by atoms with Gasteiger partial charge in [-0.05, 0) is 12.3 Å². The van der Waals surface area contributed by atoms with Gasteiger partial charge in [0.2, 0.25) is 0 Å². The number of nitrogens with zero attached hydrogens (tertiary/aromatic N) is 1. The van der Waals surface area contributed by atoms with E-state index in [0.29, 0.717) is 24.6 Å². The molecule has 114 valence electrons. The average Bonchev–Trinajstić information content (AvgIpc) is 2.38. The van der Waals surface area contributed by atoms with Crippen molar-refractivity contribution in [3.63, 3.8) is 0 Å². The molecule has 1 saturated heterocycles. The number of ether oxygens (including phenoxy) is 2. The van der Waals surface area contributed by atoms with E-state index in [0.717, 1.165) is 19.6 Å². The first-order chi connectivity index (χ1) is 9.12. The molecule has 1 rings (SSSR count). The second kappa shape index (κ2) is 8.90. The van der Waals surface area contributed by atoms with Gasteiger partial charge in [0.25, 0.3) is 0 Å². The fraction of sp³-hybridized carbons (Fsp3) is 1.00. The van der Waals surface area contributed by atoms with Crippen LogP contribution in [-0.2, 0) is 9.47 Å². The van der Waals surface area contributed by atoms with Gasteiger partial charge in [-0.3, -0.25) is 4.90 Å². The zero-order valence-electron chi connectivity index (χ0n) is 13.3. The highest BCUT2D eigenvalue weighted by Crippen LogP contribution is 2.18. The summed E-state index contributed by atoms with van der Waals surface area (Å²) in [7, 11) is 3.52. The zero-order chi connectivity index (χ0) is 14.3. The molecule has 1 aliphatic rings. The molecule has 0 bridgehead atoms. The summed E-state index contributed by atoms with van der Waals surface area (Å²) < 4.78 is 10.8. The largest absolute Gasteiger partial charge is 0.382 e. The van der Waals surface area contributed by atoms with Gasteiger partial charge in [-0.25, -0.2) is 0 Å². The number of nitrogens with one attached hydrogen (secondary N) is 1. The summed E-state index contributed by atoms with van der Waals surface area (Å²) in [5.74, 6) is 0.662. The molecule has 0 radical (unpaired) electrons. The van der Waals surface area contributed by atoms with Crippen LogP contribution in [0.4, 0.5) is 0 Å². The number of methoxy groups -OCH3 is 2. The van der Waals surface area contributed by atoms with Gasteiger partial charge in [0, 0.05) is 45.9 Å². The Balaban J connectivity index is 2.59. The lowest BCUT2D eigenvalue weighted by Crippen LogP contribution is -2.59. The van der Waals surface area contributed by atoms with E-state index < -0.39 is 0 Å². The predicted molar refractivity (Wildman–Crippen MR) is 79.6 cm³/mol. The van der Waals surface area contributed by atoms with Crippen molar-refractivity contribution in [3.05, 3.63) is 0 Å². The highest BCUT2D eigenvalue weighted by atomic mass is 16.5. The summed E-state index contributed by atoms with van der Waals surface area (Å²) in [6.07, 6.45) is 2.67. The molecule has 0 spiro atoms. The van der Waals surface area contributed by atoms with Crippen molar-refractivity contribution in [1.82, 2.24) is 10.2 Å². The highest BCUT2D eigenvalue weighted by Gasteiger charge is 2.30. The normalized spacial score (nSPS) is 26.8. The first-order valence-corrected chi connectivity index (χ1v) is 7.61. The third-order valence-electron chi connectivity index (χ3n) is 4.07. The summed E-state index contributed by atoms with van der Waals surface area (Å²) in [6.45, 7) is 10.7. The van der Waals surface area contributed by atoms with Crippen LogP contribution in [0.5, 0.6) is 0 Å². The van der Waals surface area contributed by atoms with Crippen LogP contribution < -0.4 is 5.32 Å². The quantitative estimate of drug-likeness (QED) is 0.730. The maximum Gasteiger partial charge on any atom is 0.0931 e. The maximum absolute atomic E-state index is 5.53. The topological polar surface area (TPSA) is 33.7 Å². The third kappa shape index (κ3) is 5.38. The highest BCUT2D eigenvalue weighted by molar-refractivity contribution is 4.88. The summed E-state index contributed by atoms with van der Waals surface area (Å²) in [5.41, 5.74) is 0. The number of piperazine rings is 1. The second-order valence-corrected chi connectivity index (χ2v) is 5.97. The van der Waals surface area contributed by atoms with E-state index in [9.17, 15) is 0 Å². The molecule has 4 nitrogen and oxygen atoms in total. The van der Waals surface area contributed by atoms with Crippen LogP contribution in [0.25, 0.3) is 0 Å². The van der Waals surface area contributed by atoms with Gasteiger partial charge in [-0.2, -0.15) is 0 Å². The SMILES string of the molecule is CCCC1CN(CC(COC)OC)C(C(C)C)CN1. The molecule has 1 aliphatic heterocycles. The van der Waals surface area contributed by atoms with Crippen LogP contribution in [0, 0.1) is 5.92 Å². The van der Waals surface area contributed by atoms with Crippen molar-refractivity contribution in [3.8, 4) is 0 Å². The van der Waals surface area contributed by atoms with Gasteiger partial charge in [0.05, 0.1) is 12.7 Å². The molecule has 4 heteroatoms. The van der Waals surface area contributed by atoms with Crippen LogP contribution in [0.15, 0.2) is 0 Å². The minimum Gasteiger partial charge on any atom is -0.382 e. The van der Waals surface area contributed by atoms with E-state index in [1.165, 1.54) is 12.8 Å². The van der Waals surface area contributed by atoms with Gasteiger partial charge in [0.1, 0.15) is 0 Å². The Morgan fingerprint density at radius 1 is 1.32 bits per heavy atom. The molecule has 0 aromatic rings. The molecule has 3 unspecified atom stereocenters. The molecule has 1 N–H and O–H groups in total. The van der Waals surface area contributed by atoms with Gasteiger partial charge in [-0.1, -0.05) is 27.2 Å². The van der Waals surface area contributed by atoms with E-state index in [4.69, 9.17) is 9.47 Å². The molecule has 0 amide bonds. The lowest BCUT2D eigenvalue weighted by Gasteiger charge is -2.43.